The van der Waals surface area contributed by atoms with Crippen LogP contribution in [0.4, 0.5) is 0 Å². The molecule has 2 heteroatoms. The van der Waals surface area contributed by atoms with E-state index in [1.54, 1.807) is 0 Å². The van der Waals surface area contributed by atoms with Crippen molar-refractivity contribution in [2.24, 2.45) is 17.8 Å². The molecule has 2 bridgehead atoms. The number of aliphatic carboxylic acids is 1. The van der Waals surface area contributed by atoms with Crippen molar-refractivity contribution in [2.75, 3.05) is 0 Å². The van der Waals surface area contributed by atoms with Crippen molar-refractivity contribution < 1.29 is 9.90 Å². The quantitative estimate of drug-likeness (QED) is 0.846. The summed E-state index contributed by atoms with van der Waals surface area (Å²) >= 11 is 0. The van der Waals surface area contributed by atoms with Gasteiger partial charge in [0.2, 0.25) is 0 Å². The van der Waals surface area contributed by atoms with Gasteiger partial charge in [0.25, 0.3) is 0 Å². The number of hydrogen-bond donors (Lipinski definition) is 1. The Hall–Kier alpha value is -1.31. The van der Waals surface area contributed by atoms with Crippen LogP contribution in [0.3, 0.4) is 0 Å². The van der Waals surface area contributed by atoms with Gasteiger partial charge in [0.05, 0.1) is 5.92 Å². The van der Waals surface area contributed by atoms with E-state index in [9.17, 15) is 9.90 Å². The Morgan fingerprint density at radius 3 is 2.18 bits per heavy atom. The van der Waals surface area contributed by atoms with Crippen LogP contribution in [0.15, 0.2) is 30.3 Å². The van der Waals surface area contributed by atoms with Crippen LogP contribution in [-0.2, 0) is 4.79 Å². The minimum atomic E-state index is -0.590. The molecule has 1 aromatic rings. The maximum atomic E-state index is 11.5. The molecule has 0 radical (unpaired) electrons. The Morgan fingerprint density at radius 1 is 1.00 bits per heavy atom. The summed E-state index contributed by atoms with van der Waals surface area (Å²) in [7, 11) is 0. The van der Waals surface area contributed by atoms with E-state index < -0.39 is 5.97 Å². The first-order chi connectivity index (χ1) is 8.27. The van der Waals surface area contributed by atoms with Gasteiger partial charge in [0, 0.05) is 5.92 Å². The zero-order valence-electron chi connectivity index (χ0n) is 9.88. The smallest absolute Gasteiger partial charge is 0.307 e. The van der Waals surface area contributed by atoms with Crippen molar-refractivity contribution in [3.8, 4) is 0 Å². The molecule has 3 aliphatic rings. The molecule has 4 rings (SSSR count). The fraction of sp³-hybridized carbons (Fsp3) is 0.533. The predicted molar refractivity (Wildman–Crippen MR) is 65.8 cm³/mol. The van der Waals surface area contributed by atoms with Gasteiger partial charge in [0.15, 0.2) is 0 Å². The van der Waals surface area contributed by atoms with E-state index in [0.717, 1.165) is 12.8 Å². The number of carboxylic acids is 1. The molecule has 0 spiro atoms. The summed E-state index contributed by atoms with van der Waals surface area (Å²) in [5.41, 5.74) is 1.23. The molecule has 2 atom stereocenters. The van der Waals surface area contributed by atoms with Crippen molar-refractivity contribution in [2.45, 2.75) is 31.6 Å². The summed E-state index contributed by atoms with van der Waals surface area (Å²) in [4.78, 5) is 11.5. The predicted octanol–water partition coefficient (Wildman–Crippen LogP) is 3.29. The van der Waals surface area contributed by atoms with E-state index in [-0.39, 0.29) is 11.8 Å². The first-order valence-corrected chi connectivity index (χ1v) is 6.55. The third kappa shape index (κ3) is 1.76. The van der Waals surface area contributed by atoms with E-state index >= 15 is 0 Å². The lowest BCUT2D eigenvalue weighted by molar-refractivity contribution is -0.149. The maximum Gasteiger partial charge on any atom is 0.307 e. The Morgan fingerprint density at radius 2 is 1.59 bits per heavy atom. The topological polar surface area (TPSA) is 37.3 Å². The Balaban J connectivity index is 1.98. The third-order valence-electron chi connectivity index (χ3n) is 4.69. The second-order valence-electron chi connectivity index (χ2n) is 5.48. The van der Waals surface area contributed by atoms with Crippen LogP contribution in [0.2, 0.25) is 0 Å². The SMILES string of the molecule is O=C(O)C1C2CCC(CC2)C1c1ccccc1. The molecular weight excluding hydrogens is 212 g/mol. The van der Waals surface area contributed by atoms with Crippen LogP contribution in [0, 0.1) is 17.8 Å². The highest BCUT2D eigenvalue weighted by Gasteiger charge is 2.47. The standard InChI is InChI=1S/C15H18O2/c16-15(17)14-12-8-6-11(7-9-12)13(14)10-4-2-1-3-5-10/h1-5,11-14H,6-9H2,(H,16,17). The highest BCUT2D eigenvalue weighted by atomic mass is 16.4. The van der Waals surface area contributed by atoms with Crippen LogP contribution >= 0.6 is 0 Å². The minimum Gasteiger partial charge on any atom is -0.481 e. The van der Waals surface area contributed by atoms with Gasteiger partial charge in [-0.25, -0.2) is 0 Å². The molecule has 2 nitrogen and oxygen atoms in total. The summed E-state index contributed by atoms with van der Waals surface area (Å²) in [5, 5.41) is 9.49. The van der Waals surface area contributed by atoms with Gasteiger partial charge < -0.3 is 5.11 Å². The summed E-state index contributed by atoms with van der Waals surface area (Å²) in [6, 6.07) is 10.2. The van der Waals surface area contributed by atoms with Gasteiger partial charge in [-0.05, 0) is 43.1 Å². The number of benzene rings is 1. The number of carbonyl (C=O) groups is 1. The molecule has 0 heterocycles. The summed E-state index contributed by atoms with van der Waals surface area (Å²) in [5.74, 6) is 0.505. The van der Waals surface area contributed by atoms with Crippen molar-refractivity contribution in [3.63, 3.8) is 0 Å². The molecule has 0 saturated heterocycles. The Bertz CT molecular complexity index is 404. The number of rotatable bonds is 2. The molecule has 90 valence electrons. The average Bonchev–Trinajstić information content (AvgIpc) is 2.40. The van der Waals surface area contributed by atoms with Crippen LogP contribution in [-0.4, -0.2) is 11.1 Å². The molecule has 3 aliphatic carbocycles. The second-order valence-corrected chi connectivity index (χ2v) is 5.48. The van der Waals surface area contributed by atoms with Crippen molar-refractivity contribution in [1.82, 2.24) is 0 Å². The fourth-order valence-corrected chi connectivity index (χ4v) is 3.96. The van der Waals surface area contributed by atoms with Crippen molar-refractivity contribution in [3.05, 3.63) is 35.9 Å². The normalized spacial score (nSPS) is 35.8. The van der Waals surface area contributed by atoms with Crippen molar-refractivity contribution in [1.29, 1.82) is 0 Å². The van der Waals surface area contributed by atoms with E-state index in [2.05, 4.69) is 12.1 Å². The average molecular weight is 230 g/mol. The number of fused-ring (bicyclic) bond motifs is 3. The van der Waals surface area contributed by atoms with Gasteiger partial charge in [-0.2, -0.15) is 0 Å². The summed E-state index contributed by atoms with van der Waals surface area (Å²) in [6.45, 7) is 0. The van der Waals surface area contributed by atoms with Gasteiger partial charge in [-0.15, -0.1) is 0 Å². The first kappa shape index (κ1) is 10.8. The zero-order valence-corrected chi connectivity index (χ0v) is 9.88. The Kier molecular flexibility index (Phi) is 2.65. The van der Waals surface area contributed by atoms with E-state index in [0.29, 0.717) is 11.8 Å². The molecule has 3 saturated carbocycles. The largest absolute Gasteiger partial charge is 0.481 e. The molecule has 17 heavy (non-hydrogen) atoms. The molecule has 0 aliphatic heterocycles. The van der Waals surface area contributed by atoms with Gasteiger partial charge in [-0.3, -0.25) is 4.79 Å². The molecule has 0 amide bonds. The lowest BCUT2D eigenvalue weighted by atomic mass is 9.57. The molecule has 1 N–H and O–H groups in total. The first-order valence-electron chi connectivity index (χ1n) is 6.55. The number of carboxylic acid groups (broad SMARTS) is 1. The van der Waals surface area contributed by atoms with E-state index in [1.165, 1.54) is 18.4 Å². The van der Waals surface area contributed by atoms with Gasteiger partial charge >= 0.3 is 5.97 Å². The monoisotopic (exact) mass is 230 g/mol. The molecule has 2 unspecified atom stereocenters. The fourth-order valence-electron chi connectivity index (χ4n) is 3.96. The summed E-state index contributed by atoms with van der Waals surface area (Å²) < 4.78 is 0. The lowest BCUT2D eigenvalue weighted by Gasteiger charge is -2.47. The van der Waals surface area contributed by atoms with Crippen LogP contribution in [0.25, 0.3) is 0 Å². The molecule has 1 aromatic carbocycles. The van der Waals surface area contributed by atoms with E-state index in [1.807, 2.05) is 18.2 Å². The highest BCUT2D eigenvalue weighted by molar-refractivity contribution is 5.72. The van der Waals surface area contributed by atoms with Crippen LogP contribution in [0.1, 0.15) is 37.2 Å². The molecule has 3 fully saturated rings. The third-order valence-corrected chi connectivity index (χ3v) is 4.69. The van der Waals surface area contributed by atoms with Crippen LogP contribution < -0.4 is 0 Å². The molecule has 0 aromatic heterocycles. The lowest BCUT2D eigenvalue weighted by Crippen LogP contribution is -2.42. The Labute approximate surface area is 102 Å². The van der Waals surface area contributed by atoms with Crippen LogP contribution in [0.5, 0.6) is 0 Å². The number of hydrogen-bond acceptors (Lipinski definition) is 1. The minimum absolute atomic E-state index is 0.148. The van der Waals surface area contributed by atoms with Gasteiger partial charge in [-0.1, -0.05) is 30.3 Å². The zero-order chi connectivity index (χ0) is 11.8. The van der Waals surface area contributed by atoms with Crippen molar-refractivity contribution >= 4 is 5.97 Å². The maximum absolute atomic E-state index is 11.5. The summed E-state index contributed by atoms with van der Waals surface area (Å²) in [6.07, 6.45) is 4.66. The highest BCUT2D eigenvalue weighted by Crippen LogP contribution is 2.53. The van der Waals surface area contributed by atoms with E-state index in [4.69, 9.17) is 0 Å². The molecular formula is C15H18O2. The van der Waals surface area contributed by atoms with Gasteiger partial charge in [0.1, 0.15) is 0 Å². The second kappa shape index (κ2) is 4.17.